The molecular formula is C22H22F3N3O. The standard InChI is InChI=1S/C22H22F3N3O/c1-4-15-8-6-9-16(5-2)20(15)27-21(29)19-13-26-28(14(19)3)18-11-7-10-17(12-18)22(23,24)25/h6-13H,4-5H2,1-3H3,(H,27,29). The number of aromatic nitrogens is 2. The van der Waals surface area contributed by atoms with Crippen molar-refractivity contribution in [2.75, 3.05) is 5.32 Å². The number of anilines is 1. The van der Waals surface area contributed by atoms with Crippen LogP contribution in [0.1, 0.15) is 46.6 Å². The minimum absolute atomic E-state index is 0.250. The lowest BCUT2D eigenvalue weighted by Crippen LogP contribution is -2.16. The molecule has 3 aromatic rings. The predicted octanol–water partition coefficient (Wildman–Crippen LogP) is 5.58. The van der Waals surface area contributed by atoms with E-state index in [0.29, 0.717) is 11.3 Å². The number of para-hydroxylation sites is 1. The Bertz CT molecular complexity index is 1020. The number of nitrogens with zero attached hydrogens (tertiary/aromatic N) is 2. The number of rotatable bonds is 5. The van der Waals surface area contributed by atoms with Crippen molar-refractivity contribution in [3.05, 3.63) is 76.6 Å². The van der Waals surface area contributed by atoms with Crippen LogP contribution in [0.25, 0.3) is 5.69 Å². The van der Waals surface area contributed by atoms with Crippen molar-refractivity contribution in [1.29, 1.82) is 0 Å². The first-order valence-corrected chi connectivity index (χ1v) is 9.40. The van der Waals surface area contributed by atoms with Crippen LogP contribution in [0.4, 0.5) is 18.9 Å². The summed E-state index contributed by atoms with van der Waals surface area (Å²) in [5, 5.41) is 7.11. The van der Waals surface area contributed by atoms with E-state index in [9.17, 15) is 18.0 Å². The molecule has 0 spiro atoms. The Morgan fingerprint density at radius 3 is 2.28 bits per heavy atom. The summed E-state index contributed by atoms with van der Waals surface area (Å²) >= 11 is 0. The number of halogens is 3. The summed E-state index contributed by atoms with van der Waals surface area (Å²) in [5.41, 5.74) is 3.11. The molecule has 1 aromatic heterocycles. The molecule has 4 nitrogen and oxygen atoms in total. The quantitative estimate of drug-likeness (QED) is 0.607. The number of nitrogens with one attached hydrogen (secondary N) is 1. The lowest BCUT2D eigenvalue weighted by atomic mass is 10.0. The van der Waals surface area contributed by atoms with E-state index in [2.05, 4.69) is 10.4 Å². The zero-order valence-corrected chi connectivity index (χ0v) is 16.5. The fourth-order valence-electron chi connectivity index (χ4n) is 3.29. The minimum Gasteiger partial charge on any atom is -0.321 e. The molecule has 1 N–H and O–H groups in total. The van der Waals surface area contributed by atoms with Crippen molar-refractivity contribution >= 4 is 11.6 Å². The Hall–Kier alpha value is -3.09. The van der Waals surface area contributed by atoms with Gasteiger partial charge >= 0.3 is 6.18 Å². The number of benzene rings is 2. The number of hydrogen-bond donors (Lipinski definition) is 1. The minimum atomic E-state index is -4.45. The zero-order chi connectivity index (χ0) is 21.2. The molecule has 0 aliphatic carbocycles. The Labute approximate surface area is 167 Å². The van der Waals surface area contributed by atoms with Gasteiger partial charge in [-0.3, -0.25) is 4.79 Å². The van der Waals surface area contributed by atoms with Crippen LogP contribution in [0.2, 0.25) is 0 Å². The number of carbonyl (C=O) groups excluding carboxylic acids is 1. The molecule has 0 fully saturated rings. The van der Waals surface area contributed by atoms with Gasteiger partial charge in [-0.25, -0.2) is 4.68 Å². The van der Waals surface area contributed by atoms with Crippen LogP contribution >= 0.6 is 0 Å². The highest BCUT2D eigenvalue weighted by atomic mass is 19.4. The van der Waals surface area contributed by atoms with Crippen LogP contribution in [-0.2, 0) is 19.0 Å². The number of amides is 1. The van der Waals surface area contributed by atoms with E-state index in [-0.39, 0.29) is 11.6 Å². The topological polar surface area (TPSA) is 46.9 Å². The van der Waals surface area contributed by atoms with Crippen molar-refractivity contribution in [3.63, 3.8) is 0 Å². The highest BCUT2D eigenvalue weighted by molar-refractivity contribution is 6.05. The summed E-state index contributed by atoms with van der Waals surface area (Å²) in [6, 6.07) is 10.8. The van der Waals surface area contributed by atoms with Crippen LogP contribution < -0.4 is 5.32 Å². The number of hydrogen-bond acceptors (Lipinski definition) is 2. The van der Waals surface area contributed by atoms with E-state index in [1.54, 1.807) is 6.92 Å². The van der Waals surface area contributed by atoms with E-state index in [1.165, 1.54) is 23.0 Å². The third kappa shape index (κ3) is 4.18. The van der Waals surface area contributed by atoms with E-state index in [1.807, 2.05) is 32.0 Å². The van der Waals surface area contributed by atoms with Crippen molar-refractivity contribution in [3.8, 4) is 5.69 Å². The fourth-order valence-corrected chi connectivity index (χ4v) is 3.29. The van der Waals surface area contributed by atoms with Gasteiger partial charge in [0, 0.05) is 5.69 Å². The van der Waals surface area contributed by atoms with E-state index < -0.39 is 11.7 Å². The maximum atomic E-state index is 13.0. The number of aryl methyl sites for hydroxylation is 2. The van der Waals surface area contributed by atoms with Gasteiger partial charge in [-0.15, -0.1) is 0 Å². The molecule has 0 aliphatic heterocycles. The first-order chi connectivity index (χ1) is 13.8. The van der Waals surface area contributed by atoms with Gasteiger partial charge in [0.2, 0.25) is 0 Å². The molecule has 7 heteroatoms. The second kappa shape index (κ2) is 8.11. The molecule has 3 rings (SSSR count). The molecule has 0 saturated carbocycles. The molecular weight excluding hydrogens is 379 g/mol. The van der Waals surface area contributed by atoms with E-state index in [0.717, 1.165) is 41.8 Å². The SMILES string of the molecule is CCc1cccc(CC)c1NC(=O)c1cnn(-c2cccc(C(F)(F)F)c2)c1C. The third-order valence-electron chi connectivity index (χ3n) is 4.91. The molecule has 0 saturated heterocycles. The van der Waals surface area contributed by atoms with Crippen molar-refractivity contribution in [2.45, 2.75) is 39.8 Å². The van der Waals surface area contributed by atoms with Crippen molar-refractivity contribution in [2.24, 2.45) is 0 Å². The molecule has 2 aromatic carbocycles. The normalized spacial score (nSPS) is 11.5. The Morgan fingerprint density at radius 2 is 1.69 bits per heavy atom. The van der Waals surface area contributed by atoms with Gasteiger partial charge < -0.3 is 5.32 Å². The maximum absolute atomic E-state index is 13.0. The van der Waals surface area contributed by atoms with Crippen LogP contribution in [0.5, 0.6) is 0 Å². The van der Waals surface area contributed by atoms with Crippen LogP contribution in [0.3, 0.4) is 0 Å². The molecule has 1 amide bonds. The molecule has 0 unspecified atom stereocenters. The van der Waals surface area contributed by atoms with Crippen LogP contribution in [-0.4, -0.2) is 15.7 Å². The average molecular weight is 401 g/mol. The van der Waals surface area contributed by atoms with Gasteiger partial charge in [-0.2, -0.15) is 18.3 Å². The smallest absolute Gasteiger partial charge is 0.321 e. The Balaban J connectivity index is 1.94. The second-order valence-electron chi connectivity index (χ2n) is 6.72. The first-order valence-electron chi connectivity index (χ1n) is 9.40. The van der Waals surface area contributed by atoms with Gasteiger partial charge in [0.15, 0.2) is 0 Å². The average Bonchev–Trinajstić information content (AvgIpc) is 3.09. The van der Waals surface area contributed by atoms with E-state index in [4.69, 9.17) is 0 Å². The molecule has 29 heavy (non-hydrogen) atoms. The lowest BCUT2D eigenvalue weighted by Gasteiger charge is -2.14. The maximum Gasteiger partial charge on any atom is 0.416 e. The summed E-state index contributed by atoms with van der Waals surface area (Å²) in [7, 11) is 0. The lowest BCUT2D eigenvalue weighted by molar-refractivity contribution is -0.137. The van der Waals surface area contributed by atoms with Gasteiger partial charge in [0.1, 0.15) is 0 Å². The molecule has 0 radical (unpaired) electrons. The monoisotopic (exact) mass is 401 g/mol. The number of alkyl halides is 3. The molecule has 1 heterocycles. The Morgan fingerprint density at radius 1 is 1.07 bits per heavy atom. The second-order valence-corrected chi connectivity index (χ2v) is 6.72. The largest absolute Gasteiger partial charge is 0.416 e. The van der Waals surface area contributed by atoms with Gasteiger partial charge in [0.05, 0.1) is 28.7 Å². The summed E-state index contributed by atoms with van der Waals surface area (Å²) in [6.45, 7) is 5.69. The van der Waals surface area contributed by atoms with Crippen molar-refractivity contribution in [1.82, 2.24) is 9.78 Å². The zero-order valence-electron chi connectivity index (χ0n) is 16.5. The highest BCUT2D eigenvalue weighted by Crippen LogP contribution is 2.31. The van der Waals surface area contributed by atoms with Gasteiger partial charge in [0.25, 0.3) is 5.91 Å². The molecule has 0 aliphatic rings. The molecule has 0 atom stereocenters. The summed E-state index contributed by atoms with van der Waals surface area (Å²) in [5.74, 6) is -0.337. The third-order valence-corrected chi connectivity index (χ3v) is 4.91. The fraction of sp³-hybridized carbons (Fsp3) is 0.273. The predicted molar refractivity (Wildman–Crippen MR) is 106 cm³/mol. The van der Waals surface area contributed by atoms with Gasteiger partial charge in [-0.1, -0.05) is 38.1 Å². The number of carbonyl (C=O) groups is 1. The molecule has 0 bridgehead atoms. The van der Waals surface area contributed by atoms with Crippen molar-refractivity contribution < 1.29 is 18.0 Å². The van der Waals surface area contributed by atoms with E-state index >= 15 is 0 Å². The van der Waals surface area contributed by atoms with Crippen LogP contribution in [0.15, 0.2) is 48.7 Å². The Kier molecular flexibility index (Phi) is 5.77. The summed E-state index contributed by atoms with van der Waals surface area (Å²) < 4.78 is 40.4. The molecule has 152 valence electrons. The first kappa shape index (κ1) is 20.6. The highest BCUT2D eigenvalue weighted by Gasteiger charge is 2.30. The van der Waals surface area contributed by atoms with Gasteiger partial charge in [-0.05, 0) is 49.1 Å². The summed E-state index contributed by atoms with van der Waals surface area (Å²) in [6.07, 6.45) is -1.53. The summed E-state index contributed by atoms with van der Waals surface area (Å²) in [4.78, 5) is 12.9. The van der Waals surface area contributed by atoms with Crippen LogP contribution in [0, 0.1) is 6.92 Å².